The number of halogens is 1. The summed E-state index contributed by atoms with van der Waals surface area (Å²) < 4.78 is 2.75. The Morgan fingerprint density at radius 1 is 1.44 bits per heavy atom. The summed E-state index contributed by atoms with van der Waals surface area (Å²) in [6.45, 7) is 2.04. The molecule has 0 aliphatic carbocycles. The average Bonchev–Trinajstić information content (AvgIpc) is 2.72. The Morgan fingerprint density at radius 2 is 2.22 bits per heavy atom. The zero-order valence-electron chi connectivity index (χ0n) is 10.6. The lowest BCUT2D eigenvalue weighted by Gasteiger charge is -2.12. The van der Waals surface area contributed by atoms with E-state index in [1.165, 1.54) is 5.56 Å². The van der Waals surface area contributed by atoms with E-state index in [1.54, 1.807) is 4.68 Å². The molecule has 1 atom stereocenters. The monoisotopic (exact) mass is 308 g/mol. The quantitative estimate of drug-likeness (QED) is 0.942. The topological polar surface area (TPSA) is 38.1 Å². The number of hydrogen-bond donors (Lipinski definition) is 1. The third kappa shape index (κ3) is 3.21. The first kappa shape index (κ1) is 13.3. The molecule has 96 valence electrons. The molecule has 0 radical (unpaired) electrons. The predicted octanol–water partition coefficient (Wildman–Crippen LogP) is 3.16. The van der Waals surface area contributed by atoms with Crippen LogP contribution in [0, 0.1) is 6.92 Å². The smallest absolute Gasteiger partial charge is 0.0804 e. The molecule has 0 aliphatic heterocycles. The van der Waals surface area contributed by atoms with Crippen molar-refractivity contribution < 1.29 is 5.11 Å². The predicted molar refractivity (Wildman–Crippen MR) is 75.4 cm³/mol. The van der Waals surface area contributed by atoms with E-state index in [0.717, 1.165) is 22.0 Å². The summed E-state index contributed by atoms with van der Waals surface area (Å²) in [6, 6.07) is 6.03. The molecule has 0 bridgehead atoms. The third-order valence-corrected chi connectivity index (χ3v) is 3.67. The molecule has 0 amide bonds. The number of aromatic nitrogens is 2. The minimum Gasteiger partial charge on any atom is -0.388 e. The van der Waals surface area contributed by atoms with E-state index in [4.69, 9.17) is 0 Å². The zero-order chi connectivity index (χ0) is 13.1. The molecule has 1 N–H and O–H groups in total. The van der Waals surface area contributed by atoms with Crippen LogP contribution < -0.4 is 0 Å². The van der Waals surface area contributed by atoms with Crippen LogP contribution in [-0.2, 0) is 13.5 Å². The fraction of sp³-hybridized carbons (Fsp3) is 0.357. The molecule has 1 heterocycles. The van der Waals surface area contributed by atoms with Gasteiger partial charge in [-0.3, -0.25) is 4.68 Å². The summed E-state index contributed by atoms with van der Waals surface area (Å²) in [5.74, 6) is 0. The molecule has 0 saturated heterocycles. The molecule has 0 spiro atoms. The molecule has 2 rings (SSSR count). The van der Waals surface area contributed by atoms with E-state index in [0.29, 0.717) is 6.42 Å². The average molecular weight is 309 g/mol. The van der Waals surface area contributed by atoms with Gasteiger partial charge in [0.1, 0.15) is 0 Å². The van der Waals surface area contributed by atoms with Gasteiger partial charge in [0.15, 0.2) is 0 Å². The number of nitrogens with zero attached hydrogens (tertiary/aromatic N) is 2. The number of aryl methyl sites for hydroxylation is 3. The second-order valence-corrected chi connectivity index (χ2v) is 5.46. The van der Waals surface area contributed by atoms with Crippen molar-refractivity contribution in [2.24, 2.45) is 7.05 Å². The fourth-order valence-corrected chi connectivity index (χ4v) is 2.72. The lowest BCUT2D eigenvalue weighted by Crippen LogP contribution is -2.00. The van der Waals surface area contributed by atoms with Crippen LogP contribution in [0.1, 0.15) is 29.2 Å². The van der Waals surface area contributed by atoms with Gasteiger partial charge in [0.05, 0.1) is 12.3 Å². The largest absolute Gasteiger partial charge is 0.388 e. The molecule has 1 unspecified atom stereocenters. The second-order valence-electron chi connectivity index (χ2n) is 4.60. The molecule has 1 aromatic heterocycles. The zero-order valence-corrected chi connectivity index (χ0v) is 12.2. The Morgan fingerprint density at radius 3 is 2.83 bits per heavy atom. The normalized spacial score (nSPS) is 12.7. The fourth-order valence-electron chi connectivity index (χ4n) is 1.96. The van der Waals surface area contributed by atoms with Crippen molar-refractivity contribution in [1.29, 1.82) is 0 Å². The first-order valence-electron chi connectivity index (χ1n) is 5.98. The summed E-state index contributed by atoms with van der Waals surface area (Å²) in [5, 5.41) is 14.3. The first-order valence-corrected chi connectivity index (χ1v) is 6.77. The Labute approximate surface area is 116 Å². The van der Waals surface area contributed by atoms with Crippen LogP contribution in [0.2, 0.25) is 0 Å². The van der Waals surface area contributed by atoms with E-state index >= 15 is 0 Å². The van der Waals surface area contributed by atoms with Crippen LogP contribution in [0.4, 0.5) is 0 Å². The highest BCUT2D eigenvalue weighted by molar-refractivity contribution is 9.10. The Hall–Kier alpha value is -1.13. The maximum atomic E-state index is 10.2. The van der Waals surface area contributed by atoms with Gasteiger partial charge in [-0.1, -0.05) is 28.1 Å². The molecule has 2 aromatic rings. The Balaban J connectivity index is 2.01. The third-order valence-electron chi connectivity index (χ3n) is 2.98. The second kappa shape index (κ2) is 5.67. The summed E-state index contributed by atoms with van der Waals surface area (Å²) in [7, 11) is 1.90. The summed E-state index contributed by atoms with van der Waals surface area (Å²) in [6.07, 6.45) is 4.91. The summed E-state index contributed by atoms with van der Waals surface area (Å²) in [5.41, 5.74) is 3.29. The number of rotatable bonds is 4. The van der Waals surface area contributed by atoms with Gasteiger partial charge in [-0.15, -0.1) is 0 Å². The van der Waals surface area contributed by atoms with Crippen molar-refractivity contribution in [2.45, 2.75) is 25.9 Å². The Kier molecular flexibility index (Phi) is 4.19. The van der Waals surface area contributed by atoms with Gasteiger partial charge < -0.3 is 5.11 Å². The van der Waals surface area contributed by atoms with Crippen LogP contribution in [0.3, 0.4) is 0 Å². The van der Waals surface area contributed by atoms with Crippen molar-refractivity contribution >= 4 is 15.9 Å². The van der Waals surface area contributed by atoms with Crippen LogP contribution in [0.25, 0.3) is 0 Å². The lowest BCUT2D eigenvalue weighted by molar-refractivity contribution is 0.167. The van der Waals surface area contributed by atoms with Gasteiger partial charge in [-0.25, -0.2) is 0 Å². The van der Waals surface area contributed by atoms with Crippen LogP contribution in [0.15, 0.2) is 35.1 Å². The number of aliphatic hydroxyl groups excluding tert-OH is 1. The van der Waals surface area contributed by atoms with E-state index < -0.39 is 6.10 Å². The highest BCUT2D eigenvalue weighted by Gasteiger charge is 2.11. The van der Waals surface area contributed by atoms with Gasteiger partial charge in [0.25, 0.3) is 0 Å². The first-order chi connectivity index (χ1) is 8.56. The molecular formula is C14H17BrN2O. The Bertz CT molecular complexity index is 536. The van der Waals surface area contributed by atoms with E-state index in [1.807, 2.05) is 44.6 Å². The number of aliphatic hydroxyl groups is 1. The SMILES string of the molecule is Cc1ccc(C(O)CCc2cnn(C)c2)c(Br)c1. The van der Waals surface area contributed by atoms with Crippen LogP contribution in [0.5, 0.6) is 0 Å². The number of benzene rings is 1. The van der Waals surface area contributed by atoms with Gasteiger partial charge in [-0.05, 0) is 42.5 Å². The standard InChI is InChI=1S/C14H17BrN2O/c1-10-3-5-12(13(15)7-10)14(18)6-4-11-8-16-17(2)9-11/h3,5,7-9,14,18H,4,6H2,1-2H3. The van der Waals surface area contributed by atoms with Crippen molar-refractivity contribution in [3.05, 3.63) is 51.8 Å². The minimum absolute atomic E-state index is 0.444. The van der Waals surface area contributed by atoms with Crippen molar-refractivity contribution in [2.75, 3.05) is 0 Å². The highest BCUT2D eigenvalue weighted by atomic mass is 79.9. The maximum absolute atomic E-state index is 10.2. The lowest BCUT2D eigenvalue weighted by atomic mass is 10.0. The molecule has 3 nitrogen and oxygen atoms in total. The summed E-state index contributed by atoms with van der Waals surface area (Å²) in [4.78, 5) is 0. The van der Waals surface area contributed by atoms with Crippen molar-refractivity contribution in [3.8, 4) is 0 Å². The summed E-state index contributed by atoms with van der Waals surface area (Å²) >= 11 is 3.50. The minimum atomic E-state index is -0.444. The van der Waals surface area contributed by atoms with Gasteiger partial charge in [0, 0.05) is 17.7 Å². The molecule has 1 aromatic carbocycles. The van der Waals surface area contributed by atoms with Crippen molar-refractivity contribution in [3.63, 3.8) is 0 Å². The number of hydrogen-bond acceptors (Lipinski definition) is 2. The molecule has 0 aliphatic rings. The maximum Gasteiger partial charge on any atom is 0.0804 e. The molecule has 18 heavy (non-hydrogen) atoms. The van der Waals surface area contributed by atoms with Crippen LogP contribution in [-0.4, -0.2) is 14.9 Å². The van der Waals surface area contributed by atoms with Gasteiger partial charge >= 0.3 is 0 Å². The van der Waals surface area contributed by atoms with Crippen molar-refractivity contribution in [1.82, 2.24) is 9.78 Å². The molecule has 0 fully saturated rings. The van der Waals surface area contributed by atoms with E-state index in [-0.39, 0.29) is 0 Å². The van der Waals surface area contributed by atoms with Crippen LogP contribution >= 0.6 is 15.9 Å². The van der Waals surface area contributed by atoms with E-state index in [9.17, 15) is 5.11 Å². The highest BCUT2D eigenvalue weighted by Crippen LogP contribution is 2.27. The molecule has 4 heteroatoms. The van der Waals surface area contributed by atoms with Gasteiger partial charge in [0.2, 0.25) is 0 Å². The molecule has 0 saturated carbocycles. The molecular weight excluding hydrogens is 292 g/mol. The van der Waals surface area contributed by atoms with E-state index in [2.05, 4.69) is 21.0 Å². The van der Waals surface area contributed by atoms with Gasteiger partial charge in [-0.2, -0.15) is 5.10 Å².